The third-order valence-corrected chi connectivity index (χ3v) is 5.07. The predicted octanol–water partition coefficient (Wildman–Crippen LogP) is 1.68. The molecule has 2 N–H and O–H groups in total. The molecule has 0 aromatic heterocycles. The maximum absolute atomic E-state index is 11.4. The summed E-state index contributed by atoms with van der Waals surface area (Å²) in [6.07, 6.45) is 0. The highest BCUT2D eigenvalue weighted by Crippen LogP contribution is 2.22. The van der Waals surface area contributed by atoms with Gasteiger partial charge in [-0.05, 0) is 12.5 Å². The summed E-state index contributed by atoms with van der Waals surface area (Å²) in [6.45, 7) is 15.1. The van der Waals surface area contributed by atoms with Gasteiger partial charge in [-0.3, -0.25) is 14.7 Å². The van der Waals surface area contributed by atoms with Gasteiger partial charge in [0, 0.05) is 58.2 Å². The molecule has 2 rings (SSSR count). The predicted molar refractivity (Wildman–Crippen MR) is 112 cm³/mol. The molecule has 6 nitrogen and oxygen atoms in total. The van der Waals surface area contributed by atoms with E-state index in [9.17, 15) is 4.79 Å². The Morgan fingerprint density at radius 1 is 1.11 bits per heavy atom. The SMILES string of the molecule is CCNC(=NCC(C)(C)c1ccccc1)NCCN1CCN(C(C)=O)CC1. The zero-order valence-electron chi connectivity index (χ0n) is 17.3. The lowest BCUT2D eigenvalue weighted by atomic mass is 9.85. The summed E-state index contributed by atoms with van der Waals surface area (Å²) < 4.78 is 0. The molecule has 1 aliphatic heterocycles. The summed E-state index contributed by atoms with van der Waals surface area (Å²) in [5.74, 6) is 1.04. The van der Waals surface area contributed by atoms with Crippen LogP contribution in [0.3, 0.4) is 0 Å². The van der Waals surface area contributed by atoms with E-state index in [4.69, 9.17) is 4.99 Å². The van der Waals surface area contributed by atoms with Crippen LogP contribution in [0, 0.1) is 0 Å². The van der Waals surface area contributed by atoms with Gasteiger partial charge in [-0.25, -0.2) is 0 Å². The van der Waals surface area contributed by atoms with Gasteiger partial charge in [0.05, 0.1) is 6.54 Å². The van der Waals surface area contributed by atoms with Crippen LogP contribution in [0.15, 0.2) is 35.3 Å². The Hall–Kier alpha value is -2.08. The fourth-order valence-corrected chi connectivity index (χ4v) is 3.22. The van der Waals surface area contributed by atoms with Gasteiger partial charge in [0.1, 0.15) is 0 Å². The lowest BCUT2D eigenvalue weighted by molar-refractivity contribution is -0.130. The monoisotopic (exact) mass is 373 g/mol. The van der Waals surface area contributed by atoms with Crippen LogP contribution in [0.5, 0.6) is 0 Å². The fraction of sp³-hybridized carbons (Fsp3) is 0.619. The first kappa shape index (κ1) is 21.2. The van der Waals surface area contributed by atoms with Crippen molar-refractivity contribution in [3.63, 3.8) is 0 Å². The lowest BCUT2D eigenvalue weighted by Gasteiger charge is -2.34. The number of carbonyl (C=O) groups is 1. The van der Waals surface area contributed by atoms with Gasteiger partial charge < -0.3 is 15.5 Å². The number of amides is 1. The van der Waals surface area contributed by atoms with Crippen molar-refractivity contribution in [1.82, 2.24) is 20.4 Å². The molecule has 1 saturated heterocycles. The van der Waals surface area contributed by atoms with Crippen LogP contribution in [0.4, 0.5) is 0 Å². The lowest BCUT2D eigenvalue weighted by Crippen LogP contribution is -2.50. The van der Waals surface area contributed by atoms with Crippen molar-refractivity contribution in [2.24, 2.45) is 4.99 Å². The summed E-state index contributed by atoms with van der Waals surface area (Å²) in [5.41, 5.74) is 1.29. The molecule has 1 aliphatic rings. The maximum Gasteiger partial charge on any atom is 0.219 e. The molecular formula is C21H35N5O. The molecule has 1 fully saturated rings. The summed E-state index contributed by atoms with van der Waals surface area (Å²) in [5, 5.41) is 6.78. The zero-order valence-corrected chi connectivity index (χ0v) is 17.3. The van der Waals surface area contributed by atoms with E-state index in [0.29, 0.717) is 0 Å². The molecule has 1 aromatic carbocycles. The van der Waals surface area contributed by atoms with Crippen LogP contribution < -0.4 is 10.6 Å². The first-order valence-electron chi connectivity index (χ1n) is 9.98. The third kappa shape index (κ3) is 6.86. The quantitative estimate of drug-likeness (QED) is 0.564. The van der Waals surface area contributed by atoms with Gasteiger partial charge in [-0.2, -0.15) is 0 Å². The van der Waals surface area contributed by atoms with E-state index in [-0.39, 0.29) is 11.3 Å². The number of hydrogen-bond donors (Lipinski definition) is 2. The number of aliphatic imine (C=N–C) groups is 1. The van der Waals surface area contributed by atoms with E-state index in [2.05, 4.69) is 60.6 Å². The van der Waals surface area contributed by atoms with E-state index >= 15 is 0 Å². The number of piperazine rings is 1. The Morgan fingerprint density at radius 2 is 1.78 bits per heavy atom. The molecular weight excluding hydrogens is 338 g/mol. The van der Waals surface area contributed by atoms with E-state index in [1.807, 2.05) is 11.0 Å². The topological polar surface area (TPSA) is 60.0 Å². The second-order valence-corrected chi connectivity index (χ2v) is 7.72. The van der Waals surface area contributed by atoms with Crippen LogP contribution in [0.2, 0.25) is 0 Å². The van der Waals surface area contributed by atoms with Crippen molar-refractivity contribution >= 4 is 11.9 Å². The molecule has 1 amide bonds. The number of carbonyl (C=O) groups excluding carboxylic acids is 1. The van der Waals surface area contributed by atoms with E-state index in [1.54, 1.807) is 6.92 Å². The Bertz CT molecular complexity index is 606. The van der Waals surface area contributed by atoms with Gasteiger partial charge in [-0.15, -0.1) is 0 Å². The van der Waals surface area contributed by atoms with E-state index < -0.39 is 0 Å². The number of benzene rings is 1. The average molecular weight is 374 g/mol. The first-order chi connectivity index (χ1) is 12.9. The minimum Gasteiger partial charge on any atom is -0.357 e. The van der Waals surface area contributed by atoms with Gasteiger partial charge in [0.25, 0.3) is 0 Å². The average Bonchev–Trinajstić information content (AvgIpc) is 2.67. The Morgan fingerprint density at radius 3 is 2.37 bits per heavy atom. The molecule has 1 heterocycles. The number of nitrogens with one attached hydrogen (secondary N) is 2. The molecule has 0 radical (unpaired) electrons. The fourth-order valence-electron chi connectivity index (χ4n) is 3.22. The van der Waals surface area contributed by atoms with Crippen LogP contribution in [0.1, 0.15) is 33.3 Å². The largest absolute Gasteiger partial charge is 0.357 e. The molecule has 0 saturated carbocycles. The molecule has 150 valence electrons. The summed E-state index contributed by atoms with van der Waals surface area (Å²) in [6, 6.07) is 10.5. The number of guanidine groups is 1. The van der Waals surface area contributed by atoms with Crippen LogP contribution in [-0.2, 0) is 10.2 Å². The minimum absolute atomic E-state index is 0.00731. The highest BCUT2D eigenvalue weighted by molar-refractivity contribution is 5.79. The number of hydrogen-bond acceptors (Lipinski definition) is 3. The van der Waals surface area contributed by atoms with Crippen molar-refractivity contribution in [1.29, 1.82) is 0 Å². The highest BCUT2D eigenvalue weighted by Gasteiger charge is 2.20. The zero-order chi connectivity index (χ0) is 19.7. The standard InChI is InChI=1S/C21H35N5O/c1-5-22-20(24-17-21(3,4)19-9-7-6-8-10-19)23-11-12-25-13-15-26(16-14-25)18(2)27/h6-10H,5,11-17H2,1-4H3,(H2,22,23,24). The highest BCUT2D eigenvalue weighted by atomic mass is 16.2. The smallest absolute Gasteiger partial charge is 0.219 e. The van der Waals surface area contributed by atoms with E-state index in [1.165, 1.54) is 5.56 Å². The molecule has 1 aromatic rings. The summed E-state index contributed by atoms with van der Waals surface area (Å²) in [4.78, 5) is 20.5. The van der Waals surface area contributed by atoms with Crippen LogP contribution >= 0.6 is 0 Å². The third-order valence-electron chi connectivity index (χ3n) is 5.07. The van der Waals surface area contributed by atoms with Gasteiger partial charge >= 0.3 is 0 Å². The molecule has 0 atom stereocenters. The number of nitrogens with zero attached hydrogens (tertiary/aromatic N) is 3. The summed E-state index contributed by atoms with van der Waals surface area (Å²) >= 11 is 0. The Kier molecular flexibility index (Phi) is 8.10. The van der Waals surface area contributed by atoms with Crippen molar-refractivity contribution in [2.45, 2.75) is 33.1 Å². The van der Waals surface area contributed by atoms with Gasteiger partial charge in [0.15, 0.2) is 5.96 Å². The molecule has 0 aliphatic carbocycles. The van der Waals surface area contributed by atoms with E-state index in [0.717, 1.165) is 58.3 Å². The molecule has 0 unspecified atom stereocenters. The molecule has 0 spiro atoms. The maximum atomic E-state index is 11.4. The number of rotatable bonds is 7. The Balaban J connectivity index is 1.81. The van der Waals surface area contributed by atoms with Crippen molar-refractivity contribution < 1.29 is 4.79 Å². The molecule has 6 heteroatoms. The second-order valence-electron chi connectivity index (χ2n) is 7.72. The van der Waals surface area contributed by atoms with Crippen LogP contribution in [-0.4, -0.2) is 74.0 Å². The van der Waals surface area contributed by atoms with Gasteiger partial charge in [-0.1, -0.05) is 44.2 Å². The second kappa shape index (κ2) is 10.3. The molecule has 0 bridgehead atoms. The first-order valence-corrected chi connectivity index (χ1v) is 9.98. The van der Waals surface area contributed by atoms with Crippen molar-refractivity contribution in [2.75, 3.05) is 52.4 Å². The van der Waals surface area contributed by atoms with Crippen LogP contribution in [0.25, 0.3) is 0 Å². The summed E-state index contributed by atoms with van der Waals surface area (Å²) in [7, 11) is 0. The van der Waals surface area contributed by atoms with Gasteiger partial charge in [0.2, 0.25) is 5.91 Å². The molecule has 27 heavy (non-hydrogen) atoms. The van der Waals surface area contributed by atoms with Crippen molar-refractivity contribution in [3.8, 4) is 0 Å². The Labute approximate surface area is 164 Å². The van der Waals surface area contributed by atoms with Crippen molar-refractivity contribution in [3.05, 3.63) is 35.9 Å². The normalized spacial score (nSPS) is 16.3. The minimum atomic E-state index is -0.00731.